The second kappa shape index (κ2) is 13.4. The van der Waals surface area contributed by atoms with E-state index in [2.05, 4.69) is 9.88 Å². The molecule has 0 bridgehead atoms. The molecule has 1 amide bonds. The highest BCUT2D eigenvalue weighted by Gasteiger charge is 2.24. The summed E-state index contributed by atoms with van der Waals surface area (Å²) >= 11 is 0. The van der Waals surface area contributed by atoms with E-state index in [-0.39, 0.29) is 18.1 Å². The van der Waals surface area contributed by atoms with Crippen LogP contribution in [0.4, 0.5) is 0 Å². The quantitative estimate of drug-likeness (QED) is 0.443. The van der Waals surface area contributed by atoms with Gasteiger partial charge in [-0.25, -0.2) is 4.98 Å². The smallest absolute Gasteiger partial charge is 0.254 e. The molecule has 0 atom stereocenters. The number of benzene rings is 1. The van der Waals surface area contributed by atoms with Crippen molar-refractivity contribution in [1.29, 1.82) is 0 Å². The van der Waals surface area contributed by atoms with Gasteiger partial charge in [0, 0.05) is 43.9 Å². The van der Waals surface area contributed by atoms with Crippen molar-refractivity contribution in [3.05, 3.63) is 45.4 Å². The van der Waals surface area contributed by atoms with E-state index in [1.54, 1.807) is 18.2 Å². The van der Waals surface area contributed by atoms with E-state index in [1.807, 2.05) is 25.7 Å². The minimum absolute atomic E-state index is 0.0262. The minimum atomic E-state index is -0.147. The fraction of sp³-hybridized carbons (Fsp3) is 0.577. The summed E-state index contributed by atoms with van der Waals surface area (Å²) in [4.78, 5) is 37.8. The van der Waals surface area contributed by atoms with E-state index < -0.39 is 0 Å². The maximum atomic E-state index is 13.3. The summed E-state index contributed by atoms with van der Waals surface area (Å²) in [6, 6.07) is 5.36. The van der Waals surface area contributed by atoms with Crippen molar-refractivity contribution in [3.63, 3.8) is 0 Å². The molecule has 0 aliphatic carbocycles. The molecule has 35 heavy (non-hydrogen) atoms. The molecule has 9 heteroatoms. The van der Waals surface area contributed by atoms with Gasteiger partial charge in [0.1, 0.15) is 11.6 Å². The highest BCUT2D eigenvalue weighted by atomic mass is 16.5. The van der Waals surface area contributed by atoms with Gasteiger partial charge in [-0.15, -0.1) is 0 Å². The number of rotatable bonds is 12. The molecule has 0 unspecified atom stereocenters. The van der Waals surface area contributed by atoms with Gasteiger partial charge in [-0.1, -0.05) is 20.8 Å². The molecule has 3 rings (SSSR count). The van der Waals surface area contributed by atoms with Crippen LogP contribution in [0.25, 0.3) is 11.4 Å². The number of H-pyrrole nitrogens is 1. The van der Waals surface area contributed by atoms with Crippen molar-refractivity contribution in [2.45, 2.75) is 40.0 Å². The predicted molar refractivity (Wildman–Crippen MR) is 135 cm³/mol. The van der Waals surface area contributed by atoms with Crippen LogP contribution in [0.1, 0.15) is 48.8 Å². The minimum Gasteiger partial charge on any atom is -0.493 e. The average molecular weight is 487 g/mol. The maximum absolute atomic E-state index is 13.3. The third-order valence-corrected chi connectivity index (χ3v) is 6.18. The van der Waals surface area contributed by atoms with Crippen LogP contribution in [0.5, 0.6) is 5.75 Å². The van der Waals surface area contributed by atoms with Crippen molar-refractivity contribution in [1.82, 2.24) is 19.8 Å². The third-order valence-electron chi connectivity index (χ3n) is 6.18. The zero-order valence-corrected chi connectivity index (χ0v) is 21.1. The molecule has 0 spiro atoms. The first-order valence-electron chi connectivity index (χ1n) is 12.6. The van der Waals surface area contributed by atoms with Crippen molar-refractivity contribution in [3.8, 4) is 17.1 Å². The number of aryl methyl sites for hydroxylation is 1. The molecule has 1 fully saturated rings. The standard InChI is InChI=1S/C26H38N4O5/c1-4-15-35-23-8-7-19(18-21(23)24-27-22(6-3)20(5-2)25(32)28-24)26(33)30-11-9-29(10-12-30)13-16-34-17-14-31/h7-8,18,31H,4-6,9-17H2,1-3H3,(H,27,28,32). The third kappa shape index (κ3) is 6.90. The summed E-state index contributed by atoms with van der Waals surface area (Å²) in [6.45, 7) is 11.0. The van der Waals surface area contributed by atoms with Crippen LogP contribution in [0, 0.1) is 0 Å². The van der Waals surface area contributed by atoms with E-state index in [4.69, 9.17) is 19.6 Å². The second-order valence-electron chi connectivity index (χ2n) is 8.58. The van der Waals surface area contributed by atoms with Crippen molar-refractivity contribution in [2.24, 2.45) is 0 Å². The Kier molecular flexibility index (Phi) is 10.3. The first kappa shape index (κ1) is 26.8. The van der Waals surface area contributed by atoms with E-state index in [0.29, 0.717) is 74.0 Å². The largest absolute Gasteiger partial charge is 0.493 e. The summed E-state index contributed by atoms with van der Waals surface area (Å²) in [5.74, 6) is 0.982. The molecule has 2 heterocycles. The summed E-state index contributed by atoms with van der Waals surface area (Å²) in [5.41, 5.74) is 2.48. The van der Waals surface area contributed by atoms with Crippen LogP contribution in [0.15, 0.2) is 23.0 Å². The number of hydrogen-bond donors (Lipinski definition) is 2. The lowest BCUT2D eigenvalue weighted by molar-refractivity contribution is 0.0486. The molecule has 1 aliphatic rings. The molecule has 0 saturated carbocycles. The molecule has 1 aromatic heterocycles. The van der Waals surface area contributed by atoms with Gasteiger partial charge in [0.05, 0.1) is 37.7 Å². The number of amides is 1. The van der Waals surface area contributed by atoms with Gasteiger partial charge in [-0.3, -0.25) is 14.5 Å². The summed E-state index contributed by atoms with van der Waals surface area (Å²) in [7, 11) is 0. The van der Waals surface area contributed by atoms with Crippen molar-refractivity contribution < 1.29 is 19.4 Å². The van der Waals surface area contributed by atoms with Gasteiger partial charge in [0.25, 0.3) is 11.5 Å². The van der Waals surface area contributed by atoms with E-state index >= 15 is 0 Å². The normalized spacial score (nSPS) is 14.3. The van der Waals surface area contributed by atoms with Crippen LogP contribution in [0.3, 0.4) is 0 Å². The van der Waals surface area contributed by atoms with Crippen LogP contribution < -0.4 is 10.3 Å². The number of piperazine rings is 1. The highest BCUT2D eigenvalue weighted by molar-refractivity contribution is 5.96. The number of aromatic nitrogens is 2. The van der Waals surface area contributed by atoms with Crippen LogP contribution in [-0.4, -0.2) is 89.9 Å². The number of carbonyl (C=O) groups excluding carboxylic acids is 1. The van der Waals surface area contributed by atoms with Gasteiger partial charge < -0.3 is 24.5 Å². The zero-order valence-electron chi connectivity index (χ0n) is 21.1. The zero-order chi connectivity index (χ0) is 25.2. The Balaban J connectivity index is 1.81. The SMILES string of the molecule is CCCOc1ccc(C(=O)N2CCN(CCOCCO)CC2)cc1-c1nc(CC)c(CC)c(=O)[nH]1. The van der Waals surface area contributed by atoms with Gasteiger partial charge in [0.2, 0.25) is 0 Å². The summed E-state index contributed by atoms with van der Waals surface area (Å²) in [6.07, 6.45) is 2.11. The highest BCUT2D eigenvalue weighted by Crippen LogP contribution is 2.30. The van der Waals surface area contributed by atoms with Crippen LogP contribution in [0.2, 0.25) is 0 Å². The number of aliphatic hydroxyl groups is 1. The molecule has 192 valence electrons. The predicted octanol–water partition coefficient (Wildman–Crippen LogP) is 2.12. The van der Waals surface area contributed by atoms with Crippen LogP contribution >= 0.6 is 0 Å². The summed E-state index contributed by atoms with van der Waals surface area (Å²) in [5, 5.41) is 8.81. The first-order valence-corrected chi connectivity index (χ1v) is 12.6. The molecule has 1 saturated heterocycles. The number of aliphatic hydroxyl groups excluding tert-OH is 1. The van der Waals surface area contributed by atoms with Gasteiger partial charge in [0.15, 0.2) is 0 Å². The second-order valence-corrected chi connectivity index (χ2v) is 8.58. The fourth-order valence-corrected chi connectivity index (χ4v) is 4.23. The lowest BCUT2D eigenvalue weighted by Gasteiger charge is -2.34. The Bertz CT molecular complexity index is 1030. The Morgan fingerprint density at radius 3 is 2.51 bits per heavy atom. The van der Waals surface area contributed by atoms with Gasteiger partial charge in [-0.05, 0) is 37.5 Å². The van der Waals surface area contributed by atoms with Crippen molar-refractivity contribution >= 4 is 5.91 Å². The Hall–Kier alpha value is -2.75. The first-order chi connectivity index (χ1) is 17.0. The van der Waals surface area contributed by atoms with Crippen molar-refractivity contribution in [2.75, 3.05) is 59.2 Å². The Morgan fingerprint density at radius 1 is 1.09 bits per heavy atom. The van der Waals surface area contributed by atoms with Gasteiger partial charge in [-0.2, -0.15) is 0 Å². The summed E-state index contributed by atoms with van der Waals surface area (Å²) < 4.78 is 11.3. The molecular formula is C26H38N4O5. The topological polar surface area (TPSA) is 108 Å². The van der Waals surface area contributed by atoms with E-state index in [1.165, 1.54) is 0 Å². The molecule has 1 aromatic carbocycles. The lowest BCUT2D eigenvalue weighted by atomic mass is 10.1. The van der Waals surface area contributed by atoms with E-state index in [0.717, 1.165) is 31.7 Å². The lowest BCUT2D eigenvalue weighted by Crippen LogP contribution is -2.49. The molecule has 2 N–H and O–H groups in total. The number of nitrogens with one attached hydrogen (secondary N) is 1. The number of nitrogens with zero attached hydrogens (tertiary/aromatic N) is 3. The molecule has 9 nitrogen and oxygen atoms in total. The maximum Gasteiger partial charge on any atom is 0.254 e. The number of hydrogen-bond acceptors (Lipinski definition) is 7. The fourth-order valence-electron chi connectivity index (χ4n) is 4.23. The molecular weight excluding hydrogens is 448 g/mol. The Labute approximate surface area is 207 Å². The number of aromatic amines is 1. The molecule has 1 aliphatic heterocycles. The number of ether oxygens (including phenoxy) is 2. The van der Waals surface area contributed by atoms with Crippen LogP contribution in [-0.2, 0) is 17.6 Å². The molecule has 0 radical (unpaired) electrons. The average Bonchev–Trinajstić information content (AvgIpc) is 2.89. The van der Waals surface area contributed by atoms with E-state index in [9.17, 15) is 9.59 Å². The van der Waals surface area contributed by atoms with Gasteiger partial charge >= 0.3 is 0 Å². The Morgan fingerprint density at radius 2 is 1.86 bits per heavy atom. The monoisotopic (exact) mass is 486 g/mol. The number of carbonyl (C=O) groups is 1. The molecule has 2 aromatic rings.